The fourth-order valence-electron chi connectivity index (χ4n) is 2.15. The maximum Gasteiger partial charge on any atom is 0.234 e. The molecule has 16 heavy (non-hydrogen) atoms. The molecule has 0 bridgehead atoms. The minimum atomic E-state index is -0.139. The zero-order chi connectivity index (χ0) is 12.2. The average molecular weight is 227 g/mol. The Kier molecular flexibility index (Phi) is 4.74. The molecule has 1 rings (SSSR count). The molecule has 0 aromatic carbocycles. The highest BCUT2D eigenvalue weighted by Gasteiger charge is 2.22. The molecule has 0 aromatic rings. The van der Waals surface area contributed by atoms with Crippen molar-refractivity contribution in [2.24, 2.45) is 11.7 Å². The van der Waals surface area contributed by atoms with Crippen LogP contribution in [0.1, 0.15) is 33.6 Å². The second-order valence-electron chi connectivity index (χ2n) is 5.78. The number of rotatable bonds is 3. The molecule has 1 aliphatic heterocycles. The van der Waals surface area contributed by atoms with E-state index in [1.807, 2.05) is 20.8 Å². The lowest BCUT2D eigenvalue weighted by Crippen LogP contribution is -2.48. The van der Waals surface area contributed by atoms with Gasteiger partial charge in [0.05, 0.1) is 6.54 Å². The zero-order valence-electron chi connectivity index (χ0n) is 10.8. The number of carbonyl (C=O) groups excluding carboxylic acids is 1. The monoisotopic (exact) mass is 227 g/mol. The number of likely N-dealkylation sites (tertiary alicyclic amines) is 1. The van der Waals surface area contributed by atoms with E-state index in [0.29, 0.717) is 12.5 Å². The van der Waals surface area contributed by atoms with E-state index < -0.39 is 0 Å². The molecule has 1 unspecified atom stereocenters. The molecule has 4 nitrogen and oxygen atoms in total. The van der Waals surface area contributed by atoms with Gasteiger partial charge in [-0.25, -0.2) is 0 Å². The zero-order valence-corrected chi connectivity index (χ0v) is 10.8. The maximum absolute atomic E-state index is 11.7. The van der Waals surface area contributed by atoms with Gasteiger partial charge in [-0.2, -0.15) is 0 Å². The summed E-state index contributed by atoms with van der Waals surface area (Å²) in [5.74, 6) is 0.682. The highest BCUT2D eigenvalue weighted by Crippen LogP contribution is 2.14. The lowest BCUT2D eigenvalue weighted by Gasteiger charge is -2.32. The normalized spacial score (nSPS) is 23.1. The molecule has 0 aromatic heterocycles. The molecule has 1 aliphatic rings. The molecule has 0 saturated carbocycles. The molecule has 0 aliphatic carbocycles. The van der Waals surface area contributed by atoms with Crippen LogP contribution in [0.25, 0.3) is 0 Å². The van der Waals surface area contributed by atoms with Crippen LogP contribution in [0.5, 0.6) is 0 Å². The maximum atomic E-state index is 11.7. The Labute approximate surface area is 98.6 Å². The van der Waals surface area contributed by atoms with Gasteiger partial charge in [-0.15, -0.1) is 0 Å². The molecule has 0 radical (unpaired) electrons. The van der Waals surface area contributed by atoms with Crippen LogP contribution >= 0.6 is 0 Å². The van der Waals surface area contributed by atoms with Crippen molar-refractivity contribution >= 4 is 5.91 Å². The van der Waals surface area contributed by atoms with Gasteiger partial charge in [-0.05, 0) is 52.6 Å². The van der Waals surface area contributed by atoms with Crippen molar-refractivity contribution in [1.29, 1.82) is 0 Å². The summed E-state index contributed by atoms with van der Waals surface area (Å²) in [5, 5.41) is 2.99. The van der Waals surface area contributed by atoms with Crippen molar-refractivity contribution in [1.82, 2.24) is 10.2 Å². The number of hydrogen-bond acceptors (Lipinski definition) is 3. The first-order valence-electron chi connectivity index (χ1n) is 6.14. The summed E-state index contributed by atoms with van der Waals surface area (Å²) in [5.41, 5.74) is 5.53. The molecule has 1 amide bonds. The Morgan fingerprint density at radius 1 is 1.50 bits per heavy atom. The average Bonchev–Trinajstić information content (AvgIpc) is 2.15. The number of hydrogen-bond donors (Lipinski definition) is 2. The molecule has 1 heterocycles. The Hall–Kier alpha value is -0.610. The van der Waals surface area contributed by atoms with Crippen LogP contribution in [0, 0.1) is 5.92 Å². The Balaban J connectivity index is 2.33. The largest absolute Gasteiger partial charge is 0.350 e. The Bertz CT molecular complexity index is 235. The van der Waals surface area contributed by atoms with E-state index in [4.69, 9.17) is 5.73 Å². The third-order valence-electron chi connectivity index (χ3n) is 2.82. The summed E-state index contributed by atoms with van der Waals surface area (Å²) in [6.45, 7) is 9.24. The van der Waals surface area contributed by atoms with Gasteiger partial charge >= 0.3 is 0 Å². The van der Waals surface area contributed by atoms with Crippen molar-refractivity contribution in [3.8, 4) is 0 Å². The molecule has 0 spiro atoms. The lowest BCUT2D eigenvalue weighted by molar-refractivity contribution is -0.124. The predicted molar refractivity (Wildman–Crippen MR) is 66.1 cm³/mol. The number of carbonyl (C=O) groups is 1. The van der Waals surface area contributed by atoms with Crippen LogP contribution in [-0.2, 0) is 4.79 Å². The van der Waals surface area contributed by atoms with Crippen molar-refractivity contribution in [3.63, 3.8) is 0 Å². The van der Waals surface area contributed by atoms with Crippen molar-refractivity contribution in [3.05, 3.63) is 0 Å². The first-order valence-corrected chi connectivity index (χ1v) is 6.14. The lowest BCUT2D eigenvalue weighted by atomic mass is 9.98. The van der Waals surface area contributed by atoms with Crippen LogP contribution in [0.15, 0.2) is 0 Å². The molecule has 94 valence electrons. The minimum Gasteiger partial charge on any atom is -0.350 e. The van der Waals surface area contributed by atoms with Gasteiger partial charge in [-0.1, -0.05) is 0 Å². The van der Waals surface area contributed by atoms with E-state index in [-0.39, 0.29) is 11.4 Å². The fourth-order valence-corrected chi connectivity index (χ4v) is 2.15. The Morgan fingerprint density at radius 3 is 2.75 bits per heavy atom. The van der Waals surface area contributed by atoms with Gasteiger partial charge in [0.1, 0.15) is 0 Å². The number of amides is 1. The molecule has 3 N–H and O–H groups in total. The highest BCUT2D eigenvalue weighted by atomic mass is 16.2. The topological polar surface area (TPSA) is 58.4 Å². The molecule has 1 saturated heterocycles. The Morgan fingerprint density at radius 2 is 2.19 bits per heavy atom. The summed E-state index contributed by atoms with van der Waals surface area (Å²) in [7, 11) is 0. The molecule has 4 heteroatoms. The van der Waals surface area contributed by atoms with Crippen LogP contribution in [0.2, 0.25) is 0 Å². The van der Waals surface area contributed by atoms with Crippen molar-refractivity contribution in [2.75, 3.05) is 26.2 Å². The van der Waals surface area contributed by atoms with Gasteiger partial charge in [0.15, 0.2) is 0 Å². The van der Waals surface area contributed by atoms with E-state index in [1.54, 1.807) is 0 Å². The van der Waals surface area contributed by atoms with Gasteiger partial charge in [0.25, 0.3) is 0 Å². The number of nitrogens with two attached hydrogens (primary N) is 1. The van der Waals surface area contributed by atoms with E-state index in [2.05, 4.69) is 10.2 Å². The van der Waals surface area contributed by atoms with Crippen molar-refractivity contribution < 1.29 is 4.79 Å². The smallest absolute Gasteiger partial charge is 0.234 e. The second kappa shape index (κ2) is 5.64. The summed E-state index contributed by atoms with van der Waals surface area (Å²) in [4.78, 5) is 13.9. The first kappa shape index (κ1) is 13.5. The first-order chi connectivity index (χ1) is 7.40. The van der Waals surface area contributed by atoms with Gasteiger partial charge in [0, 0.05) is 12.1 Å². The van der Waals surface area contributed by atoms with E-state index in [9.17, 15) is 4.79 Å². The van der Waals surface area contributed by atoms with Crippen molar-refractivity contribution in [2.45, 2.75) is 39.2 Å². The predicted octanol–water partition coefficient (Wildman–Crippen LogP) is 0.572. The second-order valence-corrected chi connectivity index (χ2v) is 5.78. The van der Waals surface area contributed by atoms with Gasteiger partial charge in [0.2, 0.25) is 5.91 Å². The summed E-state index contributed by atoms with van der Waals surface area (Å²) in [6.07, 6.45) is 2.36. The third-order valence-corrected chi connectivity index (χ3v) is 2.82. The van der Waals surface area contributed by atoms with E-state index in [1.165, 1.54) is 6.42 Å². The summed E-state index contributed by atoms with van der Waals surface area (Å²) >= 11 is 0. The molecular weight excluding hydrogens is 202 g/mol. The molecular formula is C12H25N3O. The fraction of sp³-hybridized carbons (Fsp3) is 0.917. The number of piperidine rings is 1. The van der Waals surface area contributed by atoms with Crippen LogP contribution < -0.4 is 11.1 Å². The SMILES string of the molecule is CC(C)(C)NC(=O)CN1CCCC(CN)C1. The minimum absolute atomic E-state index is 0.116. The third kappa shape index (κ3) is 4.94. The number of nitrogens with zero attached hydrogens (tertiary/aromatic N) is 1. The summed E-state index contributed by atoms with van der Waals surface area (Å²) in [6, 6.07) is 0. The van der Waals surface area contributed by atoms with Gasteiger partial charge in [-0.3, -0.25) is 9.69 Å². The standard InChI is InChI=1S/C12H25N3O/c1-12(2,3)14-11(16)9-15-6-4-5-10(7-13)8-15/h10H,4-9,13H2,1-3H3,(H,14,16). The van der Waals surface area contributed by atoms with Gasteiger partial charge < -0.3 is 11.1 Å². The van der Waals surface area contributed by atoms with E-state index >= 15 is 0 Å². The number of nitrogens with one attached hydrogen (secondary N) is 1. The van der Waals surface area contributed by atoms with Crippen LogP contribution in [0.3, 0.4) is 0 Å². The molecule has 1 fully saturated rings. The highest BCUT2D eigenvalue weighted by molar-refractivity contribution is 5.78. The quantitative estimate of drug-likeness (QED) is 0.741. The van der Waals surface area contributed by atoms with Crippen LogP contribution in [0.4, 0.5) is 0 Å². The molecule has 1 atom stereocenters. The summed E-state index contributed by atoms with van der Waals surface area (Å²) < 4.78 is 0. The van der Waals surface area contributed by atoms with E-state index in [0.717, 1.165) is 26.1 Å². The van der Waals surface area contributed by atoms with Crippen LogP contribution in [-0.4, -0.2) is 42.5 Å².